The first-order chi connectivity index (χ1) is 8.03. The summed E-state index contributed by atoms with van der Waals surface area (Å²) in [4.78, 5) is 4.67. The molecule has 0 aliphatic carbocycles. The fraction of sp³-hybridized carbons (Fsp3) is 0.500. The van der Waals surface area contributed by atoms with Gasteiger partial charge in [-0.3, -0.25) is 0 Å². The van der Waals surface area contributed by atoms with Gasteiger partial charge in [-0.15, -0.1) is 0 Å². The van der Waals surface area contributed by atoms with Gasteiger partial charge in [0.2, 0.25) is 0 Å². The fourth-order valence-electron chi connectivity index (χ4n) is 1.97. The van der Waals surface area contributed by atoms with Crippen LogP contribution in [0.25, 0.3) is 0 Å². The zero-order valence-corrected chi connectivity index (χ0v) is 10.9. The topological polar surface area (TPSA) is 60.2 Å². The lowest BCUT2D eigenvalue weighted by Crippen LogP contribution is -2.42. The van der Waals surface area contributed by atoms with Crippen LogP contribution in [0.2, 0.25) is 0 Å². The molecule has 1 fully saturated rings. The van der Waals surface area contributed by atoms with E-state index in [4.69, 9.17) is 22.7 Å². The number of anilines is 1. The number of nitrogens with zero attached hydrogens (tertiary/aromatic N) is 1. The summed E-state index contributed by atoms with van der Waals surface area (Å²) in [5, 5.41) is 3.41. The van der Waals surface area contributed by atoms with Crippen molar-refractivity contribution in [3.63, 3.8) is 0 Å². The van der Waals surface area contributed by atoms with Gasteiger partial charge in [0.25, 0.3) is 0 Å². The first kappa shape index (κ1) is 12.3. The number of thiocarbonyl (C=S) groups is 1. The van der Waals surface area contributed by atoms with Crippen LogP contribution in [-0.4, -0.2) is 28.2 Å². The molecular weight excluding hydrogens is 234 g/mol. The third-order valence-electron chi connectivity index (χ3n) is 3.36. The van der Waals surface area contributed by atoms with E-state index in [0.717, 1.165) is 24.4 Å². The molecule has 1 aliphatic heterocycles. The van der Waals surface area contributed by atoms with E-state index in [-0.39, 0.29) is 11.6 Å². The summed E-state index contributed by atoms with van der Waals surface area (Å²) in [7, 11) is 0. The van der Waals surface area contributed by atoms with Crippen molar-refractivity contribution in [3.05, 3.63) is 23.9 Å². The van der Waals surface area contributed by atoms with Gasteiger partial charge in [0.15, 0.2) is 0 Å². The van der Waals surface area contributed by atoms with E-state index in [1.165, 1.54) is 0 Å². The predicted molar refractivity (Wildman–Crippen MR) is 72.2 cm³/mol. The summed E-state index contributed by atoms with van der Waals surface area (Å²) in [6, 6.07) is 3.71. The van der Waals surface area contributed by atoms with E-state index in [1.807, 2.05) is 12.1 Å². The van der Waals surface area contributed by atoms with Crippen molar-refractivity contribution in [3.8, 4) is 0 Å². The summed E-state index contributed by atoms with van der Waals surface area (Å²) in [6.45, 7) is 4.95. The number of nitrogens with two attached hydrogens (primary N) is 1. The molecule has 0 amide bonds. The summed E-state index contributed by atoms with van der Waals surface area (Å²) < 4.78 is 5.59. The molecule has 1 saturated heterocycles. The largest absolute Gasteiger partial charge is 0.389 e. The van der Waals surface area contributed by atoms with Crippen LogP contribution in [0.3, 0.4) is 0 Å². The molecular formula is C12H17N3OS. The second-order valence-electron chi connectivity index (χ2n) is 4.57. The Hall–Kier alpha value is -1.20. The van der Waals surface area contributed by atoms with Crippen molar-refractivity contribution in [1.82, 2.24) is 4.98 Å². The van der Waals surface area contributed by atoms with Crippen molar-refractivity contribution in [2.24, 2.45) is 5.73 Å². The highest BCUT2D eigenvalue weighted by molar-refractivity contribution is 7.80. The van der Waals surface area contributed by atoms with E-state index in [0.29, 0.717) is 4.99 Å². The molecule has 5 heteroatoms. The highest BCUT2D eigenvalue weighted by Crippen LogP contribution is 2.29. The standard InChI is InChI=1S/C12H17N3OS/c1-8-12(2,5-7-16-8)15-11-9(10(13)17)4-3-6-14-11/h3-4,6,8H,5,7H2,1-2H3,(H2,13,17)(H,14,15). The summed E-state index contributed by atoms with van der Waals surface area (Å²) in [5.41, 5.74) is 6.35. The third kappa shape index (κ3) is 2.40. The molecule has 3 N–H and O–H groups in total. The minimum atomic E-state index is -0.117. The first-order valence-corrected chi connectivity index (χ1v) is 6.08. The monoisotopic (exact) mass is 251 g/mol. The minimum absolute atomic E-state index is 0.117. The highest BCUT2D eigenvalue weighted by Gasteiger charge is 2.37. The smallest absolute Gasteiger partial charge is 0.136 e. The SMILES string of the molecule is CC1OCCC1(C)Nc1ncccc1C(N)=S. The number of ether oxygens (including phenoxy) is 1. The highest BCUT2D eigenvalue weighted by atomic mass is 32.1. The second kappa shape index (κ2) is 4.58. The van der Waals surface area contributed by atoms with Crippen LogP contribution in [0.4, 0.5) is 5.82 Å². The van der Waals surface area contributed by atoms with Crippen LogP contribution in [0, 0.1) is 0 Å². The van der Waals surface area contributed by atoms with Crippen LogP contribution >= 0.6 is 12.2 Å². The second-order valence-corrected chi connectivity index (χ2v) is 5.01. The number of rotatable bonds is 3. The molecule has 2 rings (SSSR count). The van der Waals surface area contributed by atoms with E-state index in [1.54, 1.807) is 6.20 Å². The van der Waals surface area contributed by atoms with E-state index < -0.39 is 0 Å². The number of hydrogen-bond acceptors (Lipinski definition) is 4. The Morgan fingerprint density at radius 1 is 1.71 bits per heavy atom. The Balaban J connectivity index is 2.27. The zero-order valence-electron chi connectivity index (χ0n) is 10.1. The van der Waals surface area contributed by atoms with Crippen molar-refractivity contribution < 1.29 is 4.74 Å². The van der Waals surface area contributed by atoms with Gasteiger partial charge in [-0.05, 0) is 32.4 Å². The summed E-state index contributed by atoms with van der Waals surface area (Å²) in [5.74, 6) is 0.736. The molecule has 0 radical (unpaired) electrons. The average Bonchev–Trinajstić information content (AvgIpc) is 2.59. The molecule has 17 heavy (non-hydrogen) atoms. The van der Waals surface area contributed by atoms with Crippen LogP contribution in [-0.2, 0) is 4.74 Å². The van der Waals surface area contributed by atoms with Gasteiger partial charge in [-0.2, -0.15) is 0 Å². The van der Waals surface area contributed by atoms with Crippen LogP contribution in [0.1, 0.15) is 25.8 Å². The molecule has 2 atom stereocenters. The molecule has 0 bridgehead atoms. The van der Waals surface area contributed by atoms with Gasteiger partial charge in [-0.25, -0.2) is 4.98 Å². The fourth-order valence-corrected chi connectivity index (χ4v) is 2.14. The number of nitrogens with one attached hydrogen (secondary N) is 1. The maximum absolute atomic E-state index is 5.69. The maximum atomic E-state index is 5.69. The Morgan fingerprint density at radius 2 is 2.47 bits per heavy atom. The number of hydrogen-bond donors (Lipinski definition) is 2. The van der Waals surface area contributed by atoms with Gasteiger partial charge in [-0.1, -0.05) is 12.2 Å². The molecule has 1 aromatic rings. The van der Waals surface area contributed by atoms with Crippen LogP contribution in [0.15, 0.2) is 18.3 Å². The van der Waals surface area contributed by atoms with Gasteiger partial charge in [0, 0.05) is 12.8 Å². The van der Waals surface area contributed by atoms with Gasteiger partial charge < -0.3 is 15.8 Å². The van der Waals surface area contributed by atoms with Crippen molar-refractivity contribution in [2.75, 3.05) is 11.9 Å². The molecule has 4 nitrogen and oxygen atoms in total. The van der Waals surface area contributed by atoms with Gasteiger partial charge in [0.05, 0.1) is 17.2 Å². The lowest BCUT2D eigenvalue weighted by Gasteiger charge is -2.30. The molecule has 92 valence electrons. The zero-order chi connectivity index (χ0) is 12.5. The average molecular weight is 251 g/mol. The van der Waals surface area contributed by atoms with Gasteiger partial charge in [0.1, 0.15) is 10.8 Å². The maximum Gasteiger partial charge on any atom is 0.136 e. The summed E-state index contributed by atoms with van der Waals surface area (Å²) in [6.07, 6.45) is 2.82. The van der Waals surface area contributed by atoms with Crippen LogP contribution < -0.4 is 11.1 Å². The normalized spacial score (nSPS) is 28.0. The van der Waals surface area contributed by atoms with Crippen molar-refractivity contribution in [1.29, 1.82) is 0 Å². The Labute approximate surface area is 107 Å². The predicted octanol–water partition coefficient (Wildman–Crippen LogP) is 1.70. The minimum Gasteiger partial charge on any atom is -0.389 e. The molecule has 1 aliphatic rings. The Morgan fingerprint density at radius 3 is 3.06 bits per heavy atom. The van der Waals surface area contributed by atoms with E-state index in [9.17, 15) is 0 Å². The molecule has 0 aromatic carbocycles. The third-order valence-corrected chi connectivity index (χ3v) is 3.58. The lowest BCUT2D eigenvalue weighted by molar-refractivity contribution is 0.105. The summed E-state index contributed by atoms with van der Waals surface area (Å²) >= 11 is 5.02. The number of pyridine rings is 1. The molecule has 2 unspecified atom stereocenters. The van der Waals surface area contributed by atoms with E-state index >= 15 is 0 Å². The van der Waals surface area contributed by atoms with Gasteiger partial charge >= 0.3 is 0 Å². The number of aromatic nitrogens is 1. The van der Waals surface area contributed by atoms with Crippen molar-refractivity contribution in [2.45, 2.75) is 31.9 Å². The lowest BCUT2D eigenvalue weighted by atomic mass is 9.94. The molecule has 0 saturated carbocycles. The molecule has 0 spiro atoms. The quantitative estimate of drug-likeness (QED) is 0.801. The van der Waals surface area contributed by atoms with E-state index in [2.05, 4.69) is 24.1 Å². The van der Waals surface area contributed by atoms with Crippen LogP contribution in [0.5, 0.6) is 0 Å². The molecule has 2 heterocycles. The Bertz CT molecular complexity index is 438. The first-order valence-electron chi connectivity index (χ1n) is 5.67. The molecule has 1 aromatic heterocycles. The Kier molecular flexibility index (Phi) is 3.31. The van der Waals surface area contributed by atoms with Crippen molar-refractivity contribution >= 4 is 23.0 Å².